The average Bonchev–Trinajstić information content (AvgIpc) is 2.72. The minimum atomic E-state index is -0.373. The van der Waals surface area contributed by atoms with Crippen LogP contribution in [0.25, 0.3) is 0 Å². The number of aliphatic imine (C=N–C) groups is 1. The number of nitro groups is 1. The van der Waals surface area contributed by atoms with Crippen LogP contribution in [0, 0.1) is 10.1 Å². The van der Waals surface area contributed by atoms with E-state index in [9.17, 15) is 10.1 Å². The van der Waals surface area contributed by atoms with Gasteiger partial charge in [0.15, 0.2) is 5.96 Å². The highest BCUT2D eigenvalue weighted by molar-refractivity contribution is 5.79. The molecule has 0 saturated heterocycles. The third kappa shape index (κ3) is 6.26. The SMILES string of the molecule is CCNC(=NCc1ccccc1[N+](=O)[O-])NCCC(C)c1ccc(OC)cc1. The normalized spacial score (nSPS) is 12.3. The summed E-state index contributed by atoms with van der Waals surface area (Å²) < 4.78 is 5.20. The summed E-state index contributed by atoms with van der Waals surface area (Å²) in [6, 6.07) is 14.8. The molecule has 1 atom stereocenters. The average molecular weight is 384 g/mol. The predicted molar refractivity (Wildman–Crippen MR) is 112 cm³/mol. The van der Waals surface area contributed by atoms with Crippen LogP contribution in [0.1, 0.15) is 37.3 Å². The number of methoxy groups -OCH3 is 1. The third-order valence-electron chi connectivity index (χ3n) is 4.49. The van der Waals surface area contributed by atoms with E-state index in [0.717, 1.165) is 25.3 Å². The highest BCUT2D eigenvalue weighted by Crippen LogP contribution is 2.21. The Morgan fingerprint density at radius 3 is 2.54 bits per heavy atom. The first kappa shape index (κ1) is 21.2. The van der Waals surface area contributed by atoms with Crippen molar-refractivity contribution < 1.29 is 9.66 Å². The molecular weight excluding hydrogens is 356 g/mol. The van der Waals surface area contributed by atoms with Gasteiger partial charge in [0, 0.05) is 19.2 Å². The van der Waals surface area contributed by atoms with Crippen molar-refractivity contribution in [2.75, 3.05) is 20.2 Å². The molecule has 0 aliphatic carbocycles. The second-order valence-corrected chi connectivity index (χ2v) is 6.47. The Bertz CT molecular complexity index is 790. The van der Waals surface area contributed by atoms with Gasteiger partial charge in [-0.25, -0.2) is 4.99 Å². The number of hydrogen-bond acceptors (Lipinski definition) is 4. The molecule has 1 unspecified atom stereocenters. The van der Waals surface area contributed by atoms with Gasteiger partial charge in [-0.3, -0.25) is 10.1 Å². The fourth-order valence-corrected chi connectivity index (χ4v) is 2.83. The van der Waals surface area contributed by atoms with Gasteiger partial charge in [-0.1, -0.05) is 37.3 Å². The maximum absolute atomic E-state index is 11.1. The number of benzene rings is 2. The molecule has 0 aromatic heterocycles. The molecular formula is C21H28N4O3. The van der Waals surface area contributed by atoms with Crippen molar-refractivity contribution in [2.45, 2.75) is 32.7 Å². The first-order valence-corrected chi connectivity index (χ1v) is 9.43. The molecule has 0 amide bonds. The fourth-order valence-electron chi connectivity index (χ4n) is 2.83. The maximum Gasteiger partial charge on any atom is 0.274 e. The lowest BCUT2D eigenvalue weighted by Gasteiger charge is -2.15. The van der Waals surface area contributed by atoms with Gasteiger partial charge in [0.1, 0.15) is 5.75 Å². The molecule has 28 heavy (non-hydrogen) atoms. The van der Waals surface area contributed by atoms with E-state index in [1.165, 1.54) is 11.6 Å². The lowest BCUT2D eigenvalue weighted by molar-refractivity contribution is -0.385. The number of para-hydroxylation sites is 1. The van der Waals surface area contributed by atoms with Crippen LogP contribution < -0.4 is 15.4 Å². The number of hydrogen-bond donors (Lipinski definition) is 2. The lowest BCUT2D eigenvalue weighted by atomic mass is 9.98. The molecule has 0 bridgehead atoms. The molecule has 0 fully saturated rings. The molecule has 150 valence electrons. The Kier molecular flexibility index (Phi) is 8.27. The summed E-state index contributed by atoms with van der Waals surface area (Å²) >= 11 is 0. The lowest BCUT2D eigenvalue weighted by Crippen LogP contribution is -2.38. The van der Waals surface area contributed by atoms with E-state index in [-0.39, 0.29) is 17.2 Å². The molecule has 7 nitrogen and oxygen atoms in total. The molecule has 0 heterocycles. The van der Waals surface area contributed by atoms with Crippen molar-refractivity contribution in [3.63, 3.8) is 0 Å². The molecule has 0 aliphatic rings. The van der Waals surface area contributed by atoms with E-state index >= 15 is 0 Å². The smallest absolute Gasteiger partial charge is 0.274 e. The zero-order chi connectivity index (χ0) is 20.4. The van der Waals surface area contributed by atoms with E-state index in [1.54, 1.807) is 25.3 Å². The minimum Gasteiger partial charge on any atom is -0.497 e. The summed E-state index contributed by atoms with van der Waals surface area (Å²) in [5, 5.41) is 17.6. The first-order valence-electron chi connectivity index (χ1n) is 9.43. The van der Waals surface area contributed by atoms with Gasteiger partial charge < -0.3 is 15.4 Å². The second-order valence-electron chi connectivity index (χ2n) is 6.47. The number of nitrogens with one attached hydrogen (secondary N) is 2. The monoisotopic (exact) mass is 384 g/mol. The fraction of sp³-hybridized carbons (Fsp3) is 0.381. The first-order chi connectivity index (χ1) is 13.5. The van der Waals surface area contributed by atoms with Gasteiger partial charge in [-0.05, 0) is 37.0 Å². The Labute approximate surface area is 166 Å². The van der Waals surface area contributed by atoms with Crippen LogP contribution in [0.2, 0.25) is 0 Å². The number of nitro benzene ring substituents is 1. The van der Waals surface area contributed by atoms with E-state index < -0.39 is 0 Å². The van der Waals surface area contributed by atoms with Crippen molar-refractivity contribution in [2.24, 2.45) is 4.99 Å². The quantitative estimate of drug-likeness (QED) is 0.297. The van der Waals surface area contributed by atoms with Gasteiger partial charge in [0.05, 0.1) is 24.1 Å². The van der Waals surface area contributed by atoms with Gasteiger partial charge in [-0.15, -0.1) is 0 Å². The summed E-state index contributed by atoms with van der Waals surface area (Å²) in [5.41, 5.74) is 1.94. The molecule has 2 aromatic carbocycles. The number of guanidine groups is 1. The number of rotatable bonds is 9. The molecule has 0 saturated carbocycles. The largest absolute Gasteiger partial charge is 0.497 e. The second kappa shape index (κ2) is 10.9. The number of nitrogens with zero attached hydrogens (tertiary/aromatic N) is 2. The van der Waals surface area contributed by atoms with Crippen molar-refractivity contribution in [1.82, 2.24) is 10.6 Å². The van der Waals surface area contributed by atoms with Crippen LogP contribution in [0.15, 0.2) is 53.5 Å². The summed E-state index contributed by atoms with van der Waals surface area (Å²) in [5.74, 6) is 1.89. The molecule has 2 aromatic rings. The van der Waals surface area contributed by atoms with E-state index in [4.69, 9.17) is 4.74 Å². The van der Waals surface area contributed by atoms with Crippen molar-refractivity contribution >= 4 is 11.6 Å². The summed E-state index contributed by atoms with van der Waals surface area (Å²) in [4.78, 5) is 15.3. The van der Waals surface area contributed by atoms with Crippen LogP contribution in [-0.4, -0.2) is 31.1 Å². The van der Waals surface area contributed by atoms with Crippen molar-refractivity contribution in [3.8, 4) is 5.75 Å². The Hall–Kier alpha value is -3.09. The van der Waals surface area contributed by atoms with E-state index in [1.807, 2.05) is 19.1 Å². The van der Waals surface area contributed by atoms with E-state index in [2.05, 4.69) is 34.7 Å². The van der Waals surface area contributed by atoms with Crippen LogP contribution in [-0.2, 0) is 6.54 Å². The van der Waals surface area contributed by atoms with Crippen molar-refractivity contribution in [3.05, 3.63) is 69.8 Å². The highest BCUT2D eigenvalue weighted by atomic mass is 16.6. The predicted octanol–water partition coefficient (Wildman–Crippen LogP) is 3.85. The number of ether oxygens (including phenoxy) is 1. The summed E-state index contributed by atoms with van der Waals surface area (Å²) in [6.45, 7) is 5.89. The topological polar surface area (TPSA) is 88.8 Å². The van der Waals surface area contributed by atoms with Gasteiger partial charge in [0.2, 0.25) is 0 Å². The zero-order valence-corrected chi connectivity index (χ0v) is 16.6. The van der Waals surface area contributed by atoms with Crippen LogP contribution in [0.5, 0.6) is 5.75 Å². The molecule has 7 heteroatoms. The van der Waals surface area contributed by atoms with Crippen molar-refractivity contribution in [1.29, 1.82) is 0 Å². The Morgan fingerprint density at radius 1 is 1.18 bits per heavy atom. The molecule has 0 aliphatic heterocycles. The Morgan fingerprint density at radius 2 is 1.89 bits per heavy atom. The van der Waals surface area contributed by atoms with Gasteiger partial charge in [-0.2, -0.15) is 0 Å². The van der Waals surface area contributed by atoms with Crippen LogP contribution in [0.4, 0.5) is 5.69 Å². The third-order valence-corrected chi connectivity index (χ3v) is 4.49. The van der Waals surface area contributed by atoms with Crippen LogP contribution >= 0.6 is 0 Å². The van der Waals surface area contributed by atoms with Crippen LogP contribution in [0.3, 0.4) is 0 Å². The van der Waals surface area contributed by atoms with E-state index in [0.29, 0.717) is 17.4 Å². The van der Waals surface area contributed by atoms with Gasteiger partial charge >= 0.3 is 0 Å². The maximum atomic E-state index is 11.1. The standard InChI is InChI=1S/C21H28N4O3/c1-4-22-21(24-15-18-7-5-6-8-20(18)25(26)27)23-14-13-16(2)17-9-11-19(28-3)12-10-17/h5-12,16H,4,13-15H2,1-3H3,(H2,22,23,24). The highest BCUT2D eigenvalue weighted by Gasteiger charge is 2.12. The summed E-state index contributed by atoms with van der Waals surface area (Å²) in [6.07, 6.45) is 0.933. The molecule has 2 rings (SSSR count). The Balaban J connectivity index is 1.93. The molecule has 0 radical (unpaired) electrons. The molecule has 0 spiro atoms. The minimum absolute atomic E-state index is 0.0928. The molecule has 2 N–H and O–H groups in total. The summed E-state index contributed by atoms with van der Waals surface area (Å²) in [7, 11) is 1.66. The van der Waals surface area contributed by atoms with Gasteiger partial charge in [0.25, 0.3) is 5.69 Å². The zero-order valence-electron chi connectivity index (χ0n) is 16.6.